The molecule has 0 spiro atoms. The number of hydrogen-bond donors (Lipinski definition) is 1. The Balaban J connectivity index is 1.81. The number of rotatable bonds is 7. The first-order chi connectivity index (χ1) is 16.5. The Hall–Kier alpha value is -3.70. The second kappa shape index (κ2) is 9.16. The predicted octanol–water partition coefficient (Wildman–Crippen LogP) is 4.79. The van der Waals surface area contributed by atoms with Gasteiger partial charge in [-0.05, 0) is 51.0 Å². The lowest BCUT2D eigenvalue weighted by Gasteiger charge is -2.21. The molecule has 0 saturated heterocycles. The summed E-state index contributed by atoms with van der Waals surface area (Å²) in [7, 11) is 0. The highest BCUT2D eigenvalue weighted by molar-refractivity contribution is 6.06. The van der Waals surface area contributed by atoms with E-state index in [4.69, 9.17) is 4.74 Å². The van der Waals surface area contributed by atoms with E-state index in [1.54, 1.807) is 6.92 Å². The van der Waals surface area contributed by atoms with Gasteiger partial charge in [-0.1, -0.05) is 12.1 Å². The number of alkyl halides is 3. The number of nitrogens with one attached hydrogen (secondary N) is 1. The van der Waals surface area contributed by atoms with E-state index in [1.807, 2.05) is 0 Å². The molecule has 0 radical (unpaired) electrons. The first kappa shape index (κ1) is 24.4. The summed E-state index contributed by atoms with van der Waals surface area (Å²) in [4.78, 5) is 25.6. The fraction of sp³-hybridized carbons (Fsp3) is 0.348. The minimum absolute atomic E-state index is 0.0405. The Bertz CT molecular complexity index is 1330. The largest absolute Gasteiger partial charge is 0.477 e. The molecule has 2 aromatic carbocycles. The van der Waals surface area contributed by atoms with Gasteiger partial charge in [0.05, 0.1) is 11.3 Å². The molecule has 12 heteroatoms. The fourth-order valence-corrected chi connectivity index (χ4v) is 3.51. The molecule has 1 aliphatic rings. The van der Waals surface area contributed by atoms with Crippen molar-refractivity contribution in [1.29, 1.82) is 0 Å². The van der Waals surface area contributed by atoms with Crippen molar-refractivity contribution in [2.75, 3.05) is 5.32 Å². The smallest absolute Gasteiger partial charge is 0.425 e. The maximum atomic E-state index is 15.6. The SMILES string of the molecule is CCn1c(C2CC2)nn(-c2ccc(C(=O)Nc3ccccc3F)c(O[C@@H](C)C(F)(F)F)c2F)c1=O. The van der Waals surface area contributed by atoms with E-state index in [9.17, 15) is 27.2 Å². The van der Waals surface area contributed by atoms with Crippen LogP contribution in [0.5, 0.6) is 5.75 Å². The van der Waals surface area contributed by atoms with Crippen molar-refractivity contribution in [3.63, 3.8) is 0 Å². The molecule has 0 bridgehead atoms. The summed E-state index contributed by atoms with van der Waals surface area (Å²) in [6.07, 6.45) is -5.74. The maximum Gasteiger partial charge on any atom is 0.425 e. The second-order valence-corrected chi connectivity index (χ2v) is 8.08. The number of halogens is 5. The molecule has 1 amide bonds. The van der Waals surface area contributed by atoms with Crippen molar-refractivity contribution in [3.8, 4) is 11.4 Å². The molecule has 7 nitrogen and oxygen atoms in total. The van der Waals surface area contributed by atoms with Crippen LogP contribution in [0.25, 0.3) is 5.69 Å². The molecule has 186 valence electrons. The van der Waals surface area contributed by atoms with Gasteiger partial charge in [-0.25, -0.2) is 13.6 Å². The average Bonchev–Trinajstić information content (AvgIpc) is 3.59. The Labute approximate surface area is 196 Å². The number of hydrogen-bond acceptors (Lipinski definition) is 4. The molecule has 0 aliphatic heterocycles. The summed E-state index contributed by atoms with van der Waals surface area (Å²) < 4.78 is 76.2. The van der Waals surface area contributed by atoms with Gasteiger partial charge in [0.15, 0.2) is 17.7 Å². The highest BCUT2D eigenvalue weighted by Gasteiger charge is 2.40. The van der Waals surface area contributed by atoms with Gasteiger partial charge in [0.2, 0.25) is 0 Å². The standard InChI is InChI=1S/C23H21F5N4O3/c1-3-31-20(13-8-9-13)30-32(22(31)34)17-11-10-14(19(18(17)25)35-12(2)23(26,27)28)21(33)29-16-7-5-4-6-15(16)24/h4-7,10-13H,3,8-9H2,1-2H3,(H,29,33)/t12-/m0/s1. The lowest BCUT2D eigenvalue weighted by atomic mass is 10.1. The number of carbonyl (C=O) groups excluding carboxylic acids is 1. The predicted molar refractivity (Wildman–Crippen MR) is 116 cm³/mol. The molecule has 1 heterocycles. The van der Waals surface area contributed by atoms with Gasteiger partial charge in [-0.2, -0.15) is 17.9 Å². The van der Waals surface area contributed by atoms with Gasteiger partial charge >= 0.3 is 11.9 Å². The van der Waals surface area contributed by atoms with Gasteiger partial charge in [0.25, 0.3) is 5.91 Å². The van der Waals surface area contributed by atoms with Crippen LogP contribution in [0.4, 0.5) is 27.6 Å². The Morgan fingerprint density at radius 1 is 1.20 bits per heavy atom. The number of nitrogens with zero attached hydrogens (tertiary/aromatic N) is 3. The van der Waals surface area contributed by atoms with E-state index >= 15 is 4.39 Å². The van der Waals surface area contributed by atoms with Crippen LogP contribution in [0.1, 0.15) is 48.8 Å². The zero-order valence-corrected chi connectivity index (χ0v) is 18.7. The average molecular weight is 496 g/mol. The van der Waals surface area contributed by atoms with E-state index in [1.165, 1.54) is 22.8 Å². The van der Waals surface area contributed by atoms with E-state index in [-0.39, 0.29) is 18.2 Å². The van der Waals surface area contributed by atoms with E-state index < -0.39 is 52.5 Å². The van der Waals surface area contributed by atoms with E-state index in [0.717, 1.165) is 35.7 Å². The van der Waals surface area contributed by atoms with Crippen LogP contribution in [0.2, 0.25) is 0 Å². The lowest BCUT2D eigenvalue weighted by molar-refractivity contribution is -0.189. The Morgan fingerprint density at radius 3 is 2.49 bits per heavy atom. The molecule has 1 fully saturated rings. The quantitative estimate of drug-likeness (QED) is 0.477. The summed E-state index contributed by atoms with van der Waals surface area (Å²) in [6, 6.07) is 7.15. The number of para-hydroxylation sites is 1. The van der Waals surface area contributed by atoms with Crippen molar-refractivity contribution in [1.82, 2.24) is 14.3 Å². The van der Waals surface area contributed by atoms with Crippen LogP contribution in [0.15, 0.2) is 41.2 Å². The van der Waals surface area contributed by atoms with Gasteiger partial charge in [-0.3, -0.25) is 9.36 Å². The van der Waals surface area contributed by atoms with Crippen LogP contribution in [0.3, 0.4) is 0 Å². The Morgan fingerprint density at radius 2 is 1.89 bits per heavy atom. The number of aromatic nitrogens is 3. The van der Waals surface area contributed by atoms with Gasteiger partial charge in [-0.15, -0.1) is 5.10 Å². The molecule has 1 aliphatic carbocycles. The molecule has 35 heavy (non-hydrogen) atoms. The monoisotopic (exact) mass is 496 g/mol. The highest BCUT2D eigenvalue weighted by atomic mass is 19.4. The normalized spacial score (nSPS) is 14.6. The third kappa shape index (κ3) is 4.77. The molecule has 3 aromatic rings. The minimum atomic E-state index is -4.87. The second-order valence-electron chi connectivity index (χ2n) is 8.08. The van der Waals surface area contributed by atoms with Crippen molar-refractivity contribution < 1.29 is 31.5 Å². The van der Waals surface area contributed by atoms with E-state index in [0.29, 0.717) is 12.7 Å². The lowest BCUT2D eigenvalue weighted by Crippen LogP contribution is -2.32. The number of benzene rings is 2. The first-order valence-electron chi connectivity index (χ1n) is 10.8. The third-order valence-electron chi connectivity index (χ3n) is 5.58. The molecular weight excluding hydrogens is 475 g/mol. The summed E-state index contributed by atoms with van der Waals surface area (Å²) in [5, 5.41) is 6.39. The molecule has 4 rings (SSSR count). The van der Waals surface area contributed by atoms with Crippen molar-refractivity contribution in [3.05, 3.63) is 69.9 Å². The van der Waals surface area contributed by atoms with Gasteiger partial charge in [0, 0.05) is 12.5 Å². The van der Waals surface area contributed by atoms with Crippen LogP contribution in [0, 0.1) is 11.6 Å². The summed E-state index contributed by atoms with van der Waals surface area (Å²) in [5.74, 6) is -3.83. The molecule has 1 saturated carbocycles. The van der Waals surface area contributed by atoms with Crippen molar-refractivity contribution >= 4 is 11.6 Å². The van der Waals surface area contributed by atoms with Crippen LogP contribution < -0.4 is 15.7 Å². The van der Waals surface area contributed by atoms with Crippen LogP contribution >= 0.6 is 0 Å². The summed E-state index contributed by atoms with van der Waals surface area (Å²) in [5.41, 5.74) is -2.03. The molecule has 0 unspecified atom stereocenters. The molecule has 1 aromatic heterocycles. The van der Waals surface area contributed by atoms with Crippen molar-refractivity contribution in [2.24, 2.45) is 0 Å². The number of amides is 1. The number of anilines is 1. The summed E-state index contributed by atoms with van der Waals surface area (Å²) in [6.45, 7) is 2.63. The fourth-order valence-electron chi connectivity index (χ4n) is 3.51. The van der Waals surface area contributed by atoms with Crippen LogP contribution in [-0.4, -0.2) is 32.5 Å². The van der Waals surface area contributed by atoms with Crippen LogP contribution in [-0.2, 0) is 6.54 Å². The first-order valence-corrected chi connectivity index (χ1v) is 10.8. The zero-order chi connectivity index (χ0) is 25.5. The van der Waals surface area contributed by atoms with Gasteiger partial charge in [0.1, 0.15) is 17.3 Å². The minimum Gasteiger partial charge on any atom is -0.477 e. The highest BCUT2D eigenvalue weighted by Crippen LogP contribution is 2.39. The Kier molecular flexibility index (Phi) is 6.39. The number of carbonyl (C=O) groups is 1. The number of ether oxygens (including phenoxy) is 1. The molecular formula is C23H21F5N4O3. The van der Waals surface area contributed by atoms with Crippen molar-refractivity contribution in [2.45, 2.75) is 51.4 Å². The molecule has 1 atom stereocenters. The third-order valence-corrected chi connectivity index (χ3v) is 5.58. The zero-order valence-electron chi connectivity index (χ0n) is 18.7. The van der Waals surface area contributed by atoms with Gasteiger partial charge < -0.3 is 10.1 Å². The maximum absolute atomic E-state index is 15.6. The summed E-state index contributed by atoms with van der Waals surface area (Å²) >= 11 is 0. The molecule has 1 N–H and O–H groups in total. The topological polar surface area (TPSA) is 78.2 Å². The van der Waals surface area contributed by atoms with E-state index in [2.05, 4.69) is 10.4 Å².